The van der Waals surface area contributed by atoms with E-state index in [1.807, 2.05) is 25.3 Å². The average Bonchev–Trinajstić information content (AvgIpc) is 2.88. The molecule has 3 atom stereocenters. The van der Waals surface area contributed by atoms with Crippen molar-refractivity contribution in [2.75, 3.05) is 27.4 Å². The Morgan fingerprint density at radius 1 is 0.727 bits per heavy atom. The van der Waals surface area contributed by atoms with E-state index >= 15 is 0 Å². The monoisotopic (exact) mass is 957 g/mol. The number of guanidine groups is 2. The fourth-order valence-electron chi connectivity index (χ4n) is 3.50. The van der Waals surface area contributed by atoms with Crippen LogP contribution < -0.4 is 5.32 Å². The summed E-state index contributed by atoms with van der Waals surface area (Å²) in [4.78, 5) is 13.8. The lowest BCUT2D eigenvalue weighted by Crippen LogP contribution is -2.41. The smallest absolute Gasteiger partial charge is 0.236 e. The SMILES string of the molecule is CC(C)N(C(C)C)S1=NC(N(C)C)=NC(Cl)=N1.CC1=NC(Cl)=NS(C)=N1.CN=C1N=S(N(C(C)C)C(C)C)N=C(Cl)N1.II. The minimum Gasteiger partial charge on any atom is -0.346 e. The highest BCUT2D eigenvalue weighted by Gasteiger charge is 2.23. The number of hydrogen-bond donors (Lipinski definition) is 1. The molecule has 3 unspecified atom stereocenters. The topological polar surface area (TPSA) is 133 Å². The van der Waals surface area contributed by atoms with E-state index in [1.54, 1.807) is 14.0 Å². The van der Waals surface area contributed by atoms with Crippen LogP contribution in [0.2, 0.25) is 0 Å². The minimum atomic E-state index is -0.582. The summed E-state index contributed by atoms with van der Waals surface area (Å²) in [5, 5.41) is 3.75. The van der Waals surface area contributed by atoms with Crippen LogP contribution >= 0.6 is 72.0 Å². The number of nitrogens with zero attached hydrogens (tertiary/aromatic N) is 12. The number of aliphatic imine (C=N–C) groups is 3. The Kier molecular flexibility index (Phi) is 23.0. The molecule has 0 amide bonds. The van der Waals surface area contributed by atoms with Gasteiger partial charge in [0.25, 0.3) is 0 Å². The van der Waals surface area contributed by atoms with Crippen LogP contribution in [-0.4, -0.2) is 98.7 Å². The largest absolute Gasteiger partial charge is 0.346 e. The number of nitrogens with one attached hydrogen (secondary N) is 1. The molecule has 0 aromatic heterocycles. The summed E-state index contributed by atoms with van der Waals surface area (Å²) >= 11 is 20.5. The molecule has 0 spiro atoms. The number of rotatable bonds is 6. The zero-order valence-electron chi connectivity index (χ0n) is 27.3. The minimum absolute atomic E-state index is 0.276. The number of hydrogen-bond acceptors (Lipinski definition) is 11. The normalized spacial score (nSPS) is 22.0. The molecule has 0 aromatic carbocycles. The molecule has 0 radical (unpaired) electrons. The molecule has 0 aliphatic carbocycles. The van der Waals surface area contributed by atoms with Crippen molar-refractivity contribution in [3.63, 3.8) is 0 Å². The third-order valence-corrected chi connectivity index (χ3v) is 10.4. The van der Waals surface area contributed by atoms with E-state index in [-0.39, 0.29) is 16.2 Å². The first-order valence-electron chi connectivity index (χ1n) is 13.3. The van der Waals surface area contributed by atoms with Crippen molar-refractivity contribution in [2.45, 2.75) is 86.5 Å². The molecule has 254 valence electrons. The Hall–Kier alpha value is 0.320. The van der Waals surface area contributed by atoms with Crippen LogP contribution in [0.3, 0.4) is 0 Å². The van der Waals surface area contributed by atoms with Gasteiger partial charge in [-0.2, -0.15) is 31.3 Å². The van der Waals surface area contributed by atoms with Crippen molar-refractivity contribution in [2.24, 2.45) is 41.3 Å². The maximum Gasteiger partial charge on any atom is 0.236 e. The Morgan fingerprint density at radius 2 is 1.18 bits per heavy atom. The Morgan fingerprint density at radius 3 is 1.57 bits per heavy atom. The van der Waals surface area contributed by atoms with Crippen LogP contribution in [0.5, 0.6) is 0 Å². The van der Waals surface area contributed by atoms with Crippen molar-refractivity contribution in [3.8, 4) is 0 Å². The van der Waals surface area contributed by atoms with Gasteiger partial charge in [-0.05, 0) is 97.1 Å². The molecule has 44 heavy (non-hydrogen) atoms. The van der Waals surface area contributed by atoms with E-state index in [2.05, 4.69) is 148 Å². The molecule has 0 aromatic rings. The summed E-state index contributed by atoms with van der Waals surface area (Å²) in [7, 11) is 5.17. The molecule has 0 saturated heterocycles. The first-order valence-corrected chi connectivity index (χ1v) is 24.4. The molecule has 1 N–H and O–H groups in total. The molecule has 0 bridgehead atoms. The van der Waals surface area contributed by atoms with E-state index in [1.165, 1.54) is 0 Å². The van der Waals surface area contributed by atoms with Crippen LogP contribution in [0.25, 0.3) is 0 Å². The van der Waals surface area contributed by atoms with Crippen LogP contribution in [0.1, 0.15) is 62.3 Å². The van der Waals surface area contributed by atoms with Crippen molar-refractivity contribution < 1.29 is 0 Å². The summed E-state index contributed by atoms with van der Waals surface area (Å²) in [5.74, 6) is 1.87. The van der Waals surface area contributed by atoms with Crippen LogP contribution in [0.15, 0.2) is 41.3 Å². The Labute approximate surface area is 309 Å². The van der Waals surface area contributed by atoms with Crippen LogP contribution in [0.4, 0.5) is 0 Å². The fourth-order valence-corrected chi connectivity index (χ4v) is 8.14. The van der Waals surface area contributed by atoms with Gasteiger partial charge in [-0.25, -0.2) is 13.6 Å². The zero-order chi connectivity index (χ0) is 34.3. The van der Waals surface area contributed by atoms with Gasteiger partial charge in [0.1, 0.15) is 28.0 Å². The quantitative estimate of drug-likeness (QED) is 0.221. The van der Waals surface area contributed by atoms with E-state index < -0.39 is 22.1 Å². The highest BCUT2D eigenvalue weighted by atomic mass is 128. The van der Waals surface area contributed by atoms with Crippen molar-refractivity contribution >= 4 is 139 Å². The highest BCUT2D eigenvalue weighted by molar-refractivity contribution is 15.0. The van der Waals surface area contributed by atoms with Crippen LogP contribution in [-0.2, 0) is 33.0 Å². The lowest BCUT2D eigenvalue weighted by molar-refractivity contribution is 0.330. The number of halogens is 5. The van der Waals surface area contributed by atoms with Crippen molar-refractivity contribution in [1.82, 2.24) is 18.8 Å². The first-order chi connectivity index (χ1) is 20.5. The molecule has 3 rings (SSSR count). The highest BCUT2D eigenvalue weighted by Crippen LogP contribution is 2.17. The lowest BCUT2D eigenvalue weighted by Gasteiger charge is -2.30. The molecule has 3 aliphatic rings. The van der Waals surface area contributed by atoms with Gasteiger partial charge in [0.05, 0.1) is 0 Å². The molecule has 13 nitrogen and oxygen atoms in total. The summed E-state index contributed by atoms with van der Waals surface area (Å²) in [6.07, 6.45) is 1.89. The fraction of sp³-hybridized carbons (Fsp3) is 0.739. The first kappa shape index (κ1) is 44.3. The van der Waals surface area contributed by atoms with Gasteiger partial charge < -0.3 is 4.90 Å². The molecule has 0 saturated carbocycles. The molecular formula is C23H44Cl3I2N13S3. The van der Waals surface area contributed by atoms with Gasteiger partial charge >= 0.3 is 0 Å². The summed E-state index contributed by atoms with van der Waals surface area (Å²) in [6.45, 7) is 18.8. The third-order valence-electron chi connectivity index (χ3n) is 4.81. The van der Waals surface area contributed by atoms with Gasteiger partial charge in [-0.1, -0.05) is 0 Å². The second-order valence-electron chi connectivity index (χ2n) is 10.0. The third kappa shape index (κ3) is 16.4. The molecular weight excluding hydrogens is 915 g/mol. The lowest BCUT2D eigenvalue weighted by atomic mass is 10.3. The molecule has 0 fully saturated rings. The maximum atomic E-state index is 5.96. The standard InChI is InChI=1S/C10H20ClN5S.C9H18ClN5S.C4H6ClN3S.I2/c1-7(2)16(8(3)4)17-13-9(11)12-10(14-17)15(5)6;1-6(2)15(7(3)4)16-13-8(10)12-9(11-5)14-16;1-3-6-4(5)8-9(2)7-3;1-2/h7-8H,1-6H3;6-7H,1-5H3,(H,11,12,13,14);1-2H3;. The molecule has 3 aliphatic heterocycles. The van der Waals surface area contributed by atoms with Gasteiger partial charge in [0.15, 0.2) is 0 Å². The summed E-state index contributed by atoms with van der Waals surface area (Å²) < 4.78 is 29.9. The molecule has 21 heteroatoms. The summed E-state index contributed by atoms with van der Waals surface area (Å²) in [5.41, 5.74) is 0. The van der Waals surface area contributed by atoms with Crippen molar-refractivity contribution in [3.05, 3.63) is 0 Å². The second kappa shape index (κ2) is 22.8. The second-order valence-corrected chi connectivity index (χ2v) is 14.9. The predicted molar refractivity (Wildman–Crippen MR) is 218 cm³/mol. The van der Waals surface area contributed by atoms with Gasteiger partial charge in [-0.3, -0.25) is 10.3 Å². The number of amidine groups is 4. The zero-order valence-corrected chi connectivity index (χ0v) is 36.3. The van der Waals surface area contributed by atoms with Gasteiger partial charge in [0.2, 0.25) is 27.8 Å². The van der Waals surface area contributed by atoms with Crippen LogP contribution in [0, 0.1) is 0 Å². The van der Waals surface area contributed by atoms with E-state index in [4.69, 9.17) is 34.8 Å². The summed E-state index contributed by atoms with van der Waals surface area (Å²) in [6, 6.07) is 1.43. The Balaban J connectivity index is 0.000000637. The predicted octanol–water partition coefficient (Wildman–Crippen LogP) is 7.32. The maximum absolute atomic E-state index is 5.96. The Bertz CT molecular complexity index is 1180. The molecule has 3 heterocycles. The van der Waals surface area contributed by atoms with Gasteiger partial charge in [-0.15, -0.1) is 0 Å². The van der Waals surface area contributed by atoms with E-state index in [0.29, 0.717) is 52.5 Å². The van der Waals surface area contributed by atoms with E-state index in [0.717, 1.165) is 0 Å². The van der Waals surface area contributed by atoms with Gasteiger partial charge in [0, 0.05) is 99.7 Å². The average molecular weight is 959 g/mol. The van der Waals surface area contributed by atoms with Crippen molar-refractivity contribution in [1.29, 1.82) is 0 Å². The van der Waals surface area contributed by atoms with E-state index in [9.17, 15) is 0 Å².